The van der Waals surface area contributed by atoms with Crippen LogP contribution in [0.15, 0.2) is 29.6 Å². The second-order valence-electron chi connectivity index (χ2n) is 3.78. The van der Waals surface area contributed by atoms with Crippen molar-refractivity contribution in [3.05, 3.63) is 35.3 Å². The van der Waals surface area contributed by atoms with E-state index in [4.69, 9.17) is 22.7 Å². The standard InChI is InChI=1S/C12H9N3OS3/c13-11-14-7(6-18-11)5-10(17)16-12-15-8-3-1-2-4-9(8)19-12/h1-4,6H,5H2,(H2,13,14). The molecule has 0 saturated heterocycles. The quantitative estimate of drug-likeness (QED) is 0.752. The monoisotopic (exact) mass is 307 g/mol. The van der Waals surface area contributed by atoms with Crippen LogP contribution in [0.3, 0.4) is 0 Å². The average Bonchev–Trinajstić information content (AvgIpc) is 2.94. The molecule has 0 atom stereocenters. The molecule has 3 aromatic rings. The summed E-state index contributed by atoms with van der Waals surface area (Å²) >= 11 is 8.07. The Balaban J connectivity index is 1.72. The van der Waals surface area contributed by atoms with Crippen LogP contribution in [-0.4, -0.2) is 15.0 Å². The minimum atomic E-state index is 0.448. The third-order valence-corrected chi connectivity index (χ3v) is 4.24. The Kier molecular flexibility index (Phi) is 3.41. The van der Waals surface area contributed by atoms with Crippen LogP contribution in [-0.2, 0) is 6.42 Å². The lowest BCUT2D eigenvalue weighted by atomic mass is 10.3. The van der Waals surface area contributed by atoms with Crippen molar-refractivity contribution in [2.75, 3.05) is 5.73 Å². The summed E-state index contributed by atoms with van der Waals surface area (Å²) in [6.45, 7) is 0. The number of benzene rings is 1. The number of nitrogen functional groups attached to an aromatic ring is 1. The van der Waals surface area contributed by atoms with Crippen LogP contribution in [0.4, 0.5) is 5.13 Å². The Bertz CT molecular complexity index is 701. The van der Waals surface area contributed by atoms with Crippen molar-refractivity contribution in [3.8, 4) is 5.19 Å². The molecule has 2 N–H and O–H groups in total. The highest BCUT2D eigenvalue weighted by atomic mass is 32.1. The highest BCUT2D eigenvalue weighted by Crippen LogP contribution is 2.27. The maximum absolute atomic E-state index is 5.58. The van der Waals surface area contributed by atoms with E-state index in [1.165, 1.54) is 22.7 Å². The molecule has 3 rings (SSSR count). The predicted octanol–water partition coefficient (Wildman–Crippen LogP) is 3.28. The van der Waals surface area contributed by atoms with E-state index in [0.717, 1.165) is 15.9 Å². The molecule has 0 amide bonds. The largest absolute Gasteiger partial charge is 0.423 e. The minimum Gasteiger partial charge on any atom is -0.423 e. The number of hydrogen-bond donors (Lipinski definition) is 1. The first-order chi connectivity index (χ1) is 9.20. The fourth-order valence-electron chi connectivity index (χ4n) is 1.58. The molecule has 0 aliphatic rings. The molecule has 4 nitrogen and oxygen atoms in total. The number of anilines is 1. The number of hydrogen-bond acceptors (Lipinski definition) is 7. The molecule has 0 radical (unpaired) electrons. The second-order valence-corrected chi connectivity index (χ2v) is 6.11. The van der Waals surface area contributed by atoms with Crippen LogP contribution in [0, 0.1) is 0 Å². The molecule has 0 aliphatic carbocycles. The van der Waals surface area contributed by atoms with Crippen LogP contribution in [0.5, 0.6) is 5.19 Å². The smallest absolute Gasteiger partial charge is 0.280 e. The highest BCUT2D eigenvalue weighted by Gasteiger charge is 2.09. The summed E-state index contributed by atoms with van der Waals surface area (Å²) in [5.74, 6) is 0. The van der Waals surface area contributed by atoms with Crippen molar-refractivity contribution in [2.24, 2.45) is 0 Å². The molecule has 0 unspecified atom stereocenters. The van der Waals surface area contributed by atoms with E-state index >= 15 is 0 Å². The van der Waals surface area contributed by atoms with Crippen molar-refractivity contribution < 1.29 is 4.74 Å². The molecule has 96 valence electrons. The zero-order valence-corrected chi connectivity index (χ0v) is 12.1. The lowest BCUT2D eigenvalue weighted by molar-refractivity contribution is 0.549. The van der Waals surface area contributed by atoms with Crippen molar-refractivity contribution in [2.45, 2.75) is 6.42 Å². The molecular formula is C12H9N3OS3. The summed E-state index contributed by atoms with van der Waals surface area (Å²) in [7, 11) is 0. The van der Waals surface area contributed by atoms with Gasteiger partial charge in [-0.15, -0.1) is 11.3 Å². The van der Waals surface area contributed by atoms with Gasteiger partial charge in [0.25, 0.3) is 5.19 Å². The summed E-state index contributed by atoms with van der Waals surface area (Å²) in [5.41, 5.74) is 7.32. The fourth-order valence-corrected chi connectivity index (χ4v) is 3.26. The van der Waals surface area contributed by atoms with Crippen molar-refractivity contribution in [3.63, 3.8) is 0 Å². The van der Waals surface area contributed by atoms with Crippen molar-refractivity contribution >= 4 is 55.3 Å². The van der Waals surface area contributed by atoms with Gasteiger partial charge in [0.15, 0.2) is 10.2 Å². The van der Waals surface area contributed by atoms with E-state index in [1.54, 1.807) is 0 Å². The summed E-state index contributed by atoms with van der Waals surface area (Å²) in [5, 5.41) is 3.43. The summed E-state index contributed by atoms with van der Waals surface area (Å²) in [6.07, 6.45) is 0.471. The van der Waals surface area contributed by atoms with Gasteiger partial charge in [-0.05, 0) is 24.4 Å². The van der Waals surface area contributed by atoms with Gasteiger partial charge in [0, 0.05) is 5.38 Å². The molecule has 0 aliphatic heterocycles. The Morgan fingerprint density at radius 1 is 1.32 bits per heavy atom. The number of fused-ring (bicyclic) bond motifs is 1. The van der Waals surface area contributed by atoms with Crippen LogP contribution >= 0.6 is 34.9 Å². The van der Waals surface area contributed by atoms with Gasteiger partial charge in [-0.2, -0.15) is 0 Å². The number of rotatable bonds is 3. The number of thiazole rings is 2. The molecule has 0 fully saturated rings. The van der Waals surface area contributed by atoms with Gasteiger partial charge in [-0.3, -0.25) is 0 Å². The second kappa shape index (κ2) is 5.20. The zero-order chi connectivity index (χ0) is 13.2. The van der Waals surface area contributed by atoms with Crippen LogP contribution in [0.25, 0.3) is 10.2 Å². The number of para-hydroxylation sites is 1. The van der Waals surface area contributed by atoms with E-state index < -0.39 is 0 Å². The topological polar surface area (TPSA) is 61.0 Å². The molecule has 2 aromatic heterocycles. The van der Waals surface area contributed by atoms with E-state index in [2.05, 4.69) is 9.97 Å². The van der Waals surface area contributed by atoms with Gasteiger partial charge in [0.05, 0.1) is 22.3 Å². The molecule has 19 heavy (non-hydrogen) atoms. The molecule has 0 spiro atoms. The SMILES string of the molecule is Nc1nc(CC(=S)Oc2nc3ccccc3s2)cs1. The van der Waals surface area contributed by atoms with Crippen LogP contribution < -0.4 is 10.5 Å². The maximum atomic E-state index is 5.58. The van der Waals surface area contributed by atoms with Gasteiger partial charge < -0.3 is 10.5 Å². The van der Waals surface area contributed by atoms with Crippen LogP contribution in [0.2, 0.25) is 0 Å². The van der Waals surface area contributed by atoms with E-state index in [0.29, 0.717) is 21.8 Å². The van der Waals surface area contributed by atoms with Gasteiger partial charge in [0.2, 0.25) is 0 Å². The Morgan fingerprint density at radius 3 is 2.89 bits per heavy atom. The number of nitrogens with two attached hydrogens (primary N) is 1. The maximum Gasteiger partial charge on any atom is 0.280 e. The third kappa shape index (κ3) is 2.89. The van der Waals surface area contributed by atoms with Crippen LogP contribution in [0.1, 0.15) is 5.69 Å². The summed E-state index contributed by atoms with van der Waals surface area (Å²) in [6, 6.07) is 7.87. The Labute approximate surface area is 122 Å². The third-order valence-electron chi connectivity index (χ3n) is 2.37. The van der Waals surface area contributed by atoms with Gasteiger partial charge >= 0.3 is 0 Å². The average molecular weight is 307 g/mol. The fraction of sp³-hybridized carbons (Fsp3) is 0.0833. The first-order valence-corrected chi connectivity index (χ1v) is 7.57. The molecular weight excluding hydrogens is 298 g/mol. The molecule has 0 saturated carbocycles. The number of aromatic nitrogens is 2. The van der Waals surface area contributed by atoms with Crippen molar-refractivity contribution in [1.29, 1.82) is 0 Å². The normalized spacial score (nSPS) is 10.7. The summed E-state index contributed by atoms with van der Waals surface area (Å²) in [4.78, 5) is 8.51. The predicted molar refractivity (Wildman–Crippen MR) is 83.1 cm³/mol. The molecule has 1 aromatic carbocycles. The minimum absolute atomic E-state index is 0.448. The lowest BCUT2D eigenvalue weighted by Crippen LogP contribution is -2.08. The van der Waals surface area contributed by atoms with Gasteiger partial charge in [-0.1, -0.05) is 23.5 Å². The Hall–Kier alpha value is -1.57. The number of thiocarbonyl (C=S) groups is 1. The molecule has 0 bridgehead atoms. The zero-order valence-electron chi connectivity index (χ0n) is 9.70. The van der Waals surface area contributed by atoms with E-state index in [1.807, 2.05) is 29.6 Å². The van der Waals surface area contributed by atoms with Crippen molar-refractivity contribution in [1.82, 2.24) is 9.97 Å². The first-order valence-electron chi connectivity index (χ1n) is 5.47. The lowest BCUT2D eigenvalue weighted by Gasteiger charge is -2.00. The first kappa shape index (κ1) is 12.5. The molecule has 2 heterocycles. The highest BCUT2D eigenvalue weighted by molar-refractivity contribution is 7.80. The number of ether oxygens (including phenoxy) is 1. The Morgan fingerprint density at radius 2 is 2.16 bits per heavy atom. The van der Waals surface area contributed by atoms with E-state index in [9.17, 15) is 0 Å². The van der Waals surface area contributed by atoms with Gasteiger partial charge in [-0.25, -0.2) is 9.97 Å². The van der Waals surface area contributed by atoms with Gasteiger partial charge in [0.1, 0.15) is 0 Å². The molecule has 7 heteroatoms. The summed E-state index contributed by atoms with van der Waals surface area (Å²) < 4.78 is 6.66. The van der Waals surface area contributed by atoms with E-state index in [-0.39, 0.29) is 0 Å². The number of nitrogens with zero attached hydrogens (tertiary/aromatic N) is 2.